The van der Waals surface area contributed by atoms with E-state index in [2.05, 4.69) is 30.8 Å². The molecule has 0 spiro atoms. The molecule has 0 aromatic carbocycles. The zero-order chi connectivity index (χ0) is 4.41. The van der Waals surface area contributed by atoms with Crippen molar-refractivity contribution in [2.24, 2.45) is 0 Å². The molecule has 0 atom stereocenters. The highest BCUT2D eigenvalue weighted by Gasteiger charge is 1.82. The van der Waals surface area contributed by atoms with Gasteiger partial charge in [-0.3, -0.25) is 0 Å². The van der Waals surface area contributed by atoms with Crippen LogP contribution in [0.15, 0.2) is 4.73 Å². The number of rotatable bonds is 0. The second-order valence-corrected chi connectivity index (χ2v) is 1.91. The standard InChI is InChI=1S/C2BrN2S/c3-2-4-1-6-5-2. The third kappa shape index (κ3) is 0.753. The minimum atomic E-state index is 0.618. The van der Waals surface area contributed by atoms with Crippen LogP contribution < -0.4 is 0 Å². The smallest absolute Gasteiger partial charge is 0.206 e. The molecule has 0 fully saturated rings. The zero-order valence-corrected chi connectivity index (χ0v) is 5.08. The van der Waals surface area contributed by atoms with E-state index < -0.39 is 0 Å². The maximum atomic E-state index is 3.71. The molecule has 0 saturated heterocycles. The van der Waals surface area contributed by atoms with Crippen molar-refractivity contribution in [1.29, 1.82) is 0 Å². The van der Waals surface area contributed by atoms with Gasteiger partial charge in [0.1, 0.15) is 0 Å². The molecule has 0 bridgehead atoms. The fraction of sp³-hybridized carbons (Fsp3) is 0. The maximum absolute atomic E-state index is 3.71. The largest absolute Gasteiger partial charge is 0.209 e. The Hall–Kier alpha value is 0.0400. The molecule has 0 saturated carbocycles. The minimum absolute atomic E-state index is 0.618. The molecule has 0 aliphatic carbocycles. The highest BCUT2D eigenvalue weighted by molar-refractivity contribution is 9.10. The van der Waals surface area contributed by atoms with E-state index in [4.69, 9.17) is 0 Å². The molecule has 31 valence electrons. The summed E-state index contributed by atoms with van der Waals surface area (Å²) in [6, 6.07) is 0. The lowest BCUT2D eigenvalue weighted by atomic mass is 11.3. The SMILES string of the molecule is Brc1n[c]sn1. The van der Waals surface area contributed by atoms with Crippen LogP contribution in [-0.4, -0.2) is 9.36 Å². The van der Waals surface area contributed by atoms with Crippen molar-refractivity contribution in [2.45, 2.75) is 0 Å². The van der Waals surface area contributed by atoms with Gasteiger partial charge in [-0.15, -0.1) is 0 Å². The number of nitrogens with zero attached hydrogens (tertiary/aromatic N) is 2. The third-order valence-corrected chi connectivity index (χ3v) is 1.33. The Bertz CT molecular complexity index is 115. The molecule has 0 aliphatic rings. The predicted octanol–water partition coefficient (Wildman–Crippen LogP) is 1.10. The van der Waals surface area contributed by atoms with Gasteiger partial charge >= 0.3 is 0 Å². The summed E-state index contributed by atoms with van der Waals surface area (Å²) in [6.07, 6.45) is 0. The summed E-state index contributed by atoms with van der Waals surface area (Å²) in [7, 11) is 0. The first-order valence-electron chi connectivity index (χ1n) is 1.25. The van der Waals surface area contributed by atoms with Crippen LogP contribution in [0.4, 0.5) is 0 Å². The predicted molar refractivity (Wildman–Crippen MR) is 26.4 cm³/mol. The highest BCUT2D eigenvalue weighted by Crippen LogP contribution is 1.99. The van der Waals surface area contributed by atoms with Crippen molar-refractivity contribution in [3.63, 3.8) is 0 Å². The van der Waals surface area contributed by atoms with Crippen molar-refractivity contribution in [2.75, 3.05) is 0 Å². The summed E-state index contributed by atoms with van der Waals surface area (Å²) in [5.74, 6) is 0. The molecule has 6 heavy (non-hydrogen) atoms. The summed E-state index contributed by atoms with van der Waals surface area (Å²) >= 11 is 4.24. The summed E-state index contributed by atoms with van der Waals surface area (Å²) in [6.45, 7) is 0. The fourth-order valence-electron chi connectivity index (χ4n) is 0.137. The number of hydrogen-bond acceptors (Lipinski definition) is 3. The van der Waals surface area contributed by atoms with Crippen molar-refractivity contribution < 1.29 is 0 Å². The van der Waals surface area contributed by atoms with Crippen LogP contribution in [0.5, 0.6) is 0 Å². The summed E-state index contributed by atoms with van der Waals surface area (Å²) in [5, 5.41) is 0. The van der Waals surface area contributed by atoms with E-state index in [0.29, 0.717) is 4.73 Å². The van der Waals surface area contributed by atoms with E-state index in [1.807, 2.05) is 0 Å². The Morgan fingerprint density at radius 1 is 1.83 bits per heavy atom. The molecule has 1 heterocycles. The van der Waals surface area contributed by atoms with Crippen molar-refractivity contribution in [3.8, 4) is 0 Å². The van der Waals surface area contributed by atoms with Gasteiger partial charge in [0.05, 0.1) is 0 Å². The molecule has 4 heteroatoms. The second kappa shape index (κ2) is 1.66. The monoisotopic (exact) mass is 163 g/mol. The van der Waals surface area contributed by atoms with E-state index in [1.165, 1.54) is 11.5 Å². The highest BCUT2D eigenvalue weighted by atomic mass is 79.9. The van der Waals surface area contributed by atoms with Gasteiger partial charge in [-0.1, -0.05) is 0 Å². The maximum Gasteiger partial charge on any atom is 0.209 e. The number of aromatic nitrogens is 2. The third-order valence-electron chi connectivity index (χ3n) is 0.300. The van der Waals surface area contributed by atoms with Crippen LogP contribution >= 0.6 is 27.5 Å². The van der Waals surface area contributed by atoms with Crippen LogP contribution in [0.3, 0.4) is 0 Å². The Morgan fingerprint density at radius 2 is 2.67 bits per heavy atom. The average molecular weight is 164 g/mol. The molecular formula is C2BrN2S. The van der Waals surface area contributed by atoms with Crippen LogP contribution in [0, 0.1) is 5.51 Å². The first-order chi connectivity index (χ1) is 2.89. The van der Waals surface area contributed by atoms with Gasteiger partial charge in [0.25, 0.3) is 0 Å². The topological polar surface area (TPSA) is 25.8 Å². The molecule has 1 aromatic heterocycles. The fourth-order valence-corrected chi connectivity index (χ4v) is 0.844. The van der Waals surface area contributed by atoms with Crippen molar-refractivity contribution in [3.05, 3.63) is 10.2 Å². The number of halogens is 1. The van der Waals surface area contributed by atoms with Gasteiger partial charge in [0.2, 0.25) is 4.73 Å². The van der Waals surface area contributed by atoms with Gasteiger partial charge in [0.15, 0.2) is 5.51 Å². The lowest BCUT2D eigenvalue weighted by Gasteiger charge is -1.59. The Kier molecular flexibility index (Phi) is 1.16. The van der Waals surface area contributed by atoms with Crippen LogP contribution in [0.25, 0.3) is 0 Å². The van der Waals surface area contributed by atoms with Gasteiger partial charge in [-0.05, 0) is 27.5 Å². The normalized spacial score (nSPS) is 8.83. The average Bonchev–Trinajstić information content (AvgIpc) is 1.86. The Balaban J connectivity index is 3.05. The second-order valence-electron chi connectivity index (χ2n) is 0.655. The molecule has 1 radical (unpaired) electrons. The van der Waals surface area contributed by atoms with Gasteiger partial charge in [-0.2, -0.15) is 4.37 Å². The van der Waals surface area contributed by atoms with Gasteiger partial charge < -0.3 is 0 Å². The first kappa shape index (κ1) is 4.21. The van der Waals surface area contributed by atoms with E-state index >= 15 is 0 Å². The molecule has 0 N–H and O–H groups in total. The summed E-state index contributed by atoms with van der Waals surface area (Å²) in [5.41, 5.74) is 2.56. The van der Waals surface area contributed by atoms with Gasteiger partial charge in [-0.25, -0.2) is 4.98 Å². The van der Waals surface area contributed by atoms with E-state index in [9.17, 15) is 0 Å². The van der Waals surface area contributed by atoms with Crippen molar-refractivity contribution >= 4 is 27.5 Å². The summed E-state index contributed by atoms with van der Waals surface area (Å²) < 4.78 is 4.33. The van der Waals surface area contributed by atoms with E-state index in [-0.39, 0.29) is 0 Å². The first-order valence-corrected chi connectivity index (χ1v) is 2.81. The zero-order valence-electron chi connectivity index (χ0n) is 2.68. The van der Waals surface area contributed by atoms with Crippen LogP contribution in [0.2, 0.25) is 0 Å². The number of hydrogen-bond donors (Lipinski definition) is 0. The van der Waals surface area contributed by atoms with Gasteiger partial charge in [0, 0.05) is 0 Å². The molecule has 0 aliphatic heterocycles. The lowest BCUT2D eigenvalue weighted by molar-refractivity contribution is 1.25. The summed E-state index contributed by atoms with van der Waals surface area (Å²) in [4.78, 5) is 3.62. The Morgan fingerprint density at radius 3 is 2.83 bits per heavy atom. The molecule has 1 rings (SSSR count). The van der Waals surface area contributed by atoms with Crippen molar-refractivity contribution in [1.82, 2.24) is 9.36 Å². The van der Waals surface area contributed by atoms with Crippen LogP contribution in [-0.2, 0) is 0 Å². The quantitative estimate of drug-likeness (QED) is 0.573. The Labute approximate surface area is 47.5 Å². The molecular weight excluding hydrogens is 164 g/mol. The minimum Gasteiger partial charge on any atom is -0.206 e. The van der Waals surface area contributed by atoms with E-state index in [1.54, 1.807) is 0 Å². The molecule has 1 aromatic rings. The molecule has 0 unspecified atom stereocenters. The van der Waals surface area contributed by atoms with E-state index in [0.717, 1.165) is 0 Å². The molecule has 2 nitrogen and oxygen atoms in total. The molecule has 0 amide bonds. The van der Waals surface area contributed by atoms with Crippen LogP contribution in [0.1, 0.15) is 0 Å². The lowest BCUT2D eigenvalue weighted by Crippen LogP contribution is -1.57.